The van der Waals surface area contributed by atoms with E-state index in [1.807, 2.05) is 40.0 Å². The number of furan rings is 1. The molecular weight excluding hydrogens is 330 g/mol. The normalized spacial score (nSPS) is 12.5. The van der Waals surface area contributed by atoms with Gasteiger partial charge in [0, 0.05) is 10.0 Å². The highest BCUT2D eigenvalue weighted by Crippen LogP contribution is 2.36. The van der Waals surface area contributed by atoms with E-state index in [0.717, 1.165) is 21.7 Å². The fourth-order valence-electron chi connectivity index (χ4n) is 2.69. The summed E-state index contributed by atoms with van der Waals surface area (Å²) in [5.41, 5.74) is 3.58. The summed E-state index contributed by atoms with van der Waals surface area (Å²) in [4.78, 5) is 0. The first-order valence-electron chi connectivity index (χ1n) is 7.15. The molecule has 2 rings (SSSR count). The Labute approximate surface area is 134 Å². The van der Waals surface area contributed by atoms with Gasteiger partial charge in [-0.3, -0.25) is 0 Å². The zero-order valence-corrected chi connectivity index (χ0v) is 14.8. The van der Waals surface area contributed by atoms with Crippen molar-refractivity contribution in [2.75, 3.05) is 13.7 Å². The lowest BCUT2D eigenvalue weighted by Crippen LogP contribution is -2.19. The van der Waals surface area contributed by atoms with Gasteiger partial charge in [0.05, 0.1) is 12.6 Å². The molecule has 2 aromatic rings. The first-order chi connectivity index (χ1) is 9.99. The van der Waals surface area contributed by atoms with Crippen LogP contribution in [0.5, 0.6) is 5.75 Å². The van der Waals surface area contributed by atoms with Crippen LogP contribution >= 0.6 is 15.9 Å². The van der Waals surface area contributed by atoms with E-state index in [9.17, 15) is 0 Å². The maximum absolute atomic E-state index is 5.77. The minimum absolute atomic E-state index is 0.0903. The third-order valence-corrected chi connectivity index (χ3v) is 4.48. The van der Waals surface area contributed by atoms with Crippen LogP contribution in [0.2, 0.25) is 0 Å². The van der Waals surface area contributed by atoms with Crippen LogP contribution in [0.15, 0.2) is 27.1 Å². The molecule has 0 aliphatic carbocycles. The van der Waals surface area contributed by atoms with E-state index >= 15 is 0 Å². The fourth-order valence-corrected chi connectivity index (χ4v) is 3.28. The highest BCUT2D eigenvalue weighted by atomic mass is 79.9. The summed E-state index contributed by atoms with van der Waals surface area (Å²) in [7, 11) is 1.97. The molecule has 0 aliphatic rings. The summed E-state index contributed by atoms with van der Waals surface area (Å²) < 4.78 is 12.3. The molecule has 0 amide bonds. The molecule has 0 spiro atoms. The molecule has 3 nitrogen and oxygen atoms in total. The SMILES string of the molecule is CCOc1ccc(C(NC)c2c(C)oc(C)c2C)c(Br)c1. The van der Waals surface area contributed by atoms with Crippen molar-refractivity contribution in [3.8, 4) is 5.75 Å². The van der Waals surface area contributed by atoms with Crippen molar-refractivity contribution >= 4 is 15.9 Å². The van der Waals surface area contributed by atoms with Crippen LogP contribution in [-0.2, 0) is 0 Å². The second kappa shape index (κ2) is 6.67. The Balaban J connectivity index is 2.46. The van der Waals surface area contributed by atoms with Crippen molar-refractivity contribution in [1.82, 2.24) is 5.32 Å². The lowest BCUT2D eigenvalue weighted by molar-refractivity contribution is 0.340. The van der Waals surface area contributed by atoms with Crippen molar-refractivity contribution in [2.24, 2.45) is 0 Å². The van der Waals surface area contributed by atoms with Crippen molar-refractivity contribution < 1.29 is 9.15 Å². The lowest BCUT2D eigenvalue weighted by atomic mass is 9.95. The molecule has 21 heavy (non-hydrogen) atoms. The number of nitrogens with one attached hydrogen (secondary N) is 1. The van der Waals surface area contributed by atoms with Gasteiger partial charge in [-0.05, 0) is 58.0 Å². The summed E-state index contributed by atoms with van der Waals surface area (Å²) in [6.45, 7) is 8.78. The Bertz CT molecular complexity index is 634. The molecule has 1 heterocycles. The maximum Gasteiger partial charge on any atom is 0.120 e. The minimum atomic E-state index is 0.0903. The highest BCUT2D eigenvalue weighted by molar-refractivity contribution is 9.10. The maximum atomic E-state index is 5.77. The van der Waals surface area contributed by atoms with E-state index in [-0.39, 0.29) is 6.04 Å². The Morgan fingerprint density at radius 2 is 1.95 bits per heavy atom. The Kier molecular flexibility index (Phi) is 5.12. The summed E-state index contributed by atoms with van der Waals surface area (Å²) in [5.74, 6) is 2.81. The van der Waals surface area contributed by atoms with Gasteiger partial charge in [-0.15, -0.1) is 0 Å². The van der Waals surface area contributed by atoms with E-state index < -0.39 is 0 Å². The van der Waals surface area contributed by atoms with Crippen LogP contribution in [0.3, 0.4) is 0 Å². The number of halogens is 1. The largest absolute Gasteiger partial charge is 0.494 e. The van der Waals surface area contributed by atoms with Crippen LogP contribution < -0.4 is 10.1 Å². The first-order valence-corrected chi connectivity index (χ1v) is 7.94. The van der Waals surface area contributed by atoms with Crippen LogP contribution in [0.4, 0.5) is 0 Å². The molecule has 0 saturated carbocycles. The highest BCUT2D eigenvalue weighted by Gasteiger charge is 2.23. The monoisotopic (exact) mass is 351 g/mol. The average molecular weight is 352 g/mol. The van der Waals surface area contributed by atoms with Crippen molar-refractivity contribution in [3.63, 3.8) is 0 Å². The van der Waals surface area contributed by atoms with E-state index in [1.54, 1.807) is 0 Å². The van der Waals surface area contributed by atoms with E-state index in [4.69, 9.17) is 9.15 Å². The van der Waals surface area contributed by atoms with Gasteiger partial charge >= 0.3 is 0 Å². The summed E-state index contributed by atoms with van der Waals surface area (Å²) >= 11 is 3.66. The fraction of sp³-hybridized carbons (Fsp3) is 0.412. The molecule has 1 atom stereocenters. The number of hydrogen-bond acceptors (Lipinski definition) is 3. The third-order valence-electron chi connectivity index (χ3n) is 3.79. The number of benzene rings is 1. The van der Waals surface area contributed by atoms with Gasteiger partial charge in [0.2, 0.25) is 0 Å². The van der Waals surface area contributed by atoms with Crippen LogP contribution in [0, 0.1) is 20.8 Å². The average Bonchev–Trinajstić information content (AvgIpc) is 2.68. The quantitative estimate of drug-likeness (QED) is 0.849. The molecule has 0 aliphatic heterocycles. The summed E-state index contributed by atoms with van der Waals surface area (Å²) in [6.07, 6.45) is 0. The minimum Gasteiger partial charge on any atom is -0.494 e. The second-order valence-electron chi connectivity index (χ2n) is 5.09. The number of rotatable bonds is 5. The van der Waals surface area contributed by atoms with Crippen LogP contribution in [0.25, 0.3) is 0 Å². The van der Waals surface area contributed by atoms with Crippen molar-refractivity contribution in [3.05, 3.63) is 50.9 Å². The topological polar surface area (TPSA) is 34.4 Å². The smallest absolute Gasteiger partial charge is 0.120 e. The van der Waals surface area contributed by atoms with Crippen molar-refractivity contribution in [2.45, 2.75) is 33.7 Å². The van der Waals surface area contributed by atoms with E-state index in [0.29, 0.717) is 6.61 Å². The number of aryl methyl sites for hydroxylation is 2. The number of hydrogen-bond donors (Lipinski definition) is 1. The van der Waals surface area contributed by atoms with Gasteiger partial charge < -0.3 is 14.5 Å². The Morgan fingerprint density at radius 3 is 2.43 bits per heavy atom. The van der Waals surface area contributed by atoms with Gasteiger partial charge in [0.15, 0.2) is 0 Å². The molecule has 1 unspecified atom stereocenters. The Hall–Kier alpha value is -1.26. The zero-order valence-electron chi connectivity index (χ0n) is 13.2. The third kappa shape index (κ3) is 3.16. The van der Waals surface area contributed by atoms with E-state index in [1.165, 1.54) is 16.7 Å². The van der Waals surface area contributed by atoms with Gasteiger partial charge in [-0.1, -0.05) is 22.0 Å². The van der Waals surface area contributed by atoms with Gasteiger partial charge in [-0.2, -0.15) is 0 Å². The molecule has 114 valence electrons. The van der Waals surface area contributed by atoms with Crippen LogP contribution in [-0.4, -0.2) is 13.7 Å². The molecule has 4 heteroatoms. The van der Waals surface area contributed by atoms with Gasteiger partial charge in [0.1, 0.15) is 17.3 Å². The Morgan fingerprint density at radius 1 is 1.24 bits per heavy atom. The summed E-state index contributed by atoms with van der Waals surface area (Å²) in [5, 5.41) is 3.39. The predicted octanol–water partition coefficient (Wildman–Crippen LogP) is 4.67. The van der Waals surface area contributed by atoms with Gasteiger partial charge in [0.25, 0.3) is 0 Å². The van der Waals surface area contributed by atoms with Crippen LogP contribution in [0.1, 0.15) is 41.2 Å². The molecule has 1 aromatic heterocycles. The summed E-state index contributed by atoms with van der Waals surface area (Å²) in [6, 6.07) is 6.21. The second-order valence-corrected chi connectivity index (χ2v) is 5.95. The molecule has 0 saturated heterocycles. The molecule has 0 bridgehead atoms. The molecule has 0 fully saturated rings. The molecule has 1 N–H and O–H groups in total. The number of ether oxygens (including phenoxy) is 1. The standard InChI is InChI=1S/C17H22BrNO2/c1-6-20-13-7-8-14(15(18)9-13)17(19-5)16-10(2)11(3)21-12(16)4/h7-9,17,19H,6H2,1-5H3. The molecular formula is C17H22BrNO2. The van der Waals surface area contributed by atoms with E-state index in [2.05, 4.69) is 34.2 Å². The van der Waals surface area contributed by atoms with Crippen molar-refractivity contribution in [1.29, 1.82) is 0 Å². The van der Waals surface area contributed by atoms with Gasteiger partial charge in [-0.25, -0.2) is 0 Å². The first kappa shape index (κ1) is 16.1. The predicted molar refractivity (Wildman–Crippen MR) is 89.1 cm³/mol. The lowest BCUT2D eigenvalue weighted by Gasteiger charge is -2.19. The molecule has 0 radical (unpaired) electrons. The zero-order chi connectivity index (χ0) is 15.6. The molecule has 1 aromatic carbocycles.